The predicted octanol–water partition coefficient (Wildman–Crippen LogP) is 2.84. The maximum absolute atomic E-state index is 12.5. The molecule has 1 N–H and O–H groups in total. The Morgan fingerprint density at radius 3 is 2.67 bits per heavy atom. The van der Waals surface area contributed by atoms with E-state index in [2.05, 4.69) is 0 Å². The first-order valence-corrected chi connectivity index (χ1v) is 7.56. The smallest absolute Gasteiger partial charge is 0.308 e. The monoisotopic (exact) mass is 309 g/mol. The Balaban J connectivity index is 2.03. The summed E-state index contributed by atoms with van der Waals surface area (Å²) in [6, 6.07) is 7.24. The molecule has 1 heterocycles. The van der Waals surface area contributed by atoms with E-state index in [0.29, 0.717) is 24.4 Å². The minimum atomic E-state index is -0.823. The van der Waals surface area contributed by atoms with Gasteiger partial charge in [0.2, 0.25) is 5.91 Å². The van der Waals surface area contributed by atoms with E-state index in [1.165, 1.54) is 0 Å². The average molecular weight is 310 g/mol. The molecule has 5 heteroatoms. The number of likely N-dealkylation sites (tertiary alicyclic amines) is 1. The number of nitrogens with zero attached hydrogens (tertiary/aromatic N) is 1. The Morgan fingerprint density at radius 2 is 2.10 bits per heavy atom. The molecule has 2 rings (SSSR count). The average Bonchev–Trinajstić information content (AvgIpc) is 2.82. The predicted molar refractivity (Wildman–Crippen MR) is 81.2 cm³/mol. The van der Waals surface area contributed by atoms with E-state index >= 15 is 0 Å². The number of carboxylic acids is 1. The molecule has 0 radical (unpaired) electrons. The zero-order valence-corrected chi connectivity index (χ0v) is 13.0. The lowest BCUT2D eigenvalue weighted by Crippen LogP contribution is -2.41. The van der Waals surface area contributed by atoms with Crippen LogP contribution in [0.25, 0.3) is 0 Å². The zero-order valence-electron chi connectivity index (χ0n) is 12.3. The summed E-state index contributed by atoms with van der Waals surface area (Å²) in [6.45, 7) is 4.20. The molecule has 1 aromatic rings. The summed E-state index contributed by atoms with van der Waals surface area (Å²) in [4.78, 5) is 25.4. The quantitative estimate of drug-likeness (QED) is 0.930. The van der Waals surface area contributed by atoms with Gasteiger partial charge in [0.05, 0.1) is 5.92 Å². The van der Waals surface area contributed by atoms with Crippen molar-refractivity contribution in [3.05, 3.63) is 34.9 Å². The molecule has 21 heavy (non-hydrogen) atoms. The normalized spacial score (nSPS) is 23.1. The van der Waals surface area contributed by atoms with Gasteiger partial charge in [-0.3, -0.25) is 9.59 Å². The van der Waals surface area contributed by atoms with Crippen LogP contribution in [0.1, 0.15) is 25.8 Å². The number of halogens is 1. The fraction of sp³-hybridized carbons (Fsp3) is 0.500. The second-order valence-electron chi connectivity index (χ2n) is 5.70. The Kier molecular flexibility index (Phi) is 4.88. The highest BCUT2D eigenvalue weighted by Gasteiger charge is 2.39. The number of carbonyl (C=O) groups excluding carboxylic acids is 1. The molecule has 3 unspecified atom stereocenters. The third kappa shape index (κ3) is 3.38. The van der Waals surface area contributed by atoms with Crippen LogP contribution < -0.4 is 0 Å². The van der Waals surface area contributed by atoms with Crippen LogP contribution in [0.3, 0.4) is 0 Å². The van der Waals surface area contributed by atoms with Crippen molar-refractivity contribution >= 4 is 23.5 Å². The van der Waals surface area contributed by atoms with Gasteiger partial charge in [-0.2, -0.15) is 0 Å². The van der Waals surface area contributed by atoms with E-state index < -0.39 is 11.9 Å². The van der Waals surface area contributed by atoms with Gasteiger partial charge in [0.1, 0.15) is 0 Å². The molecule has 4 nitrogen and oxygen atoms in total. The lowest BCUT2D eigenvalue weighted by atomic mass is 9.98. The Hall–Kier alpha value is -1.55. The maximum Gasteiger partial charge on any atom is 0.308 e. The van der Waals surface area contributed by atoms with Gasteiger partial charge in [-0.25, -0.2) is 0 Å². The second kappa shape index (κ2) is 6.48. The fourth-order valence-electron chi connectivity index (χ4n) is 2.95. The van der Waals surface area contributed by atoms with Gasteiger partial charge in [0.15, 0.2) is 0 Å². The number of carboxylic acid groups (broad SMARTS) is 1. The van der Waals surface area contributed by atoms with Crippen LogP contribution in [0.5, 0.6) is 0 Å². The van der Waals surface area contributed by atoms with Gasteiger partial charge >= 0.3 is 5.97 Å². The maximum atomic E-state index is 12.5. The molecule has 3 atom stereocenters. The van der Waals surface area contributed by atoms with Crippen LogP contribution in [0.2, 0.25) is 5.02 Å². The van der Waals surface area contributed by atoms with E-state index in [-0.39, 0.29) is 17.9 Å². The summed E-state index contributed by atoms with van der Waals surface area (Å²) >= 11 is 6.12. The molecular formula is C16H20ClNO3. The number of carbonyl (C=O) groups is 2. The first-order chi connectivity index (χ1) is 9.91. The van der Waals surface area contributed by atoms with E-state index in [9.17, 15) is 9.59 Å². The second-order valence-corrected chi connectivity index (χ2v) is 6.11. The molecule has 1 amide bonds. The zero-order chi connectivity index (χ0) is 15.6. The molecule has 1 saturated heterocycles. The number of benzene rings is 1. The Labute approximate surface area is 129 Å². The van der Waals surface area contributed by atoms with Gasteiger partial charge in [-0.15, -0.1) is 0 Å². The molecule has 0 aromatic heterocycles. The SMILES string of the molecule is CC(Cc1ccccc1Cl)C(=O)N1CCC(C(=O)O)C1C. The van der Waals surface area contributed by atoms with E-state index in [1.807, 2.05) is 38.1 Å². The molecule has 114 valence electrons. The van der Waals surface area contributed by atoms with Crippen molar-refractivity contribution in [3.8, 4) is 0 Å². The van der Waals surface area contributed by atoms with Gasteiger partial charge in [-0.1, -0.05) is 36.7 Å². The topological polar surface area (TPSA) is 57.6 Å². The summed E-state index contributed by atoms with van der Waals surface area (Å²) in [5, 5.41) is 9.80. The molecule has 0 saturated carbocycles. The first kappa shape index (κ1) is 15.8. The molecule has 1 aromatic carbocycles. The number of aliphatic carboxylic acids is 1. The fourth-order valence-corrected chi connectivity index (χ4v) is 3.16. The molecule has 1 aliphatic rings. The molecule has 1 aliphatic heterocycles. The lowest BCUT2D eigenvalue weighted by Gasteiger charge is -2.26. The lowest BCUT2D eigenvalue weighted by molar-refractivity contribution is -0.143. The highest BCUT2D eigenvalue weighted by Crippen LogP contribution is 2.27. The van der Waals surface area contributed by atoms with Gasteiger partial charge in [0.25, 0.3) is 0 Å². The van der Waals surface area contributed by atoms with Crippen molar-refractivity contribution in [1.29, 1.82) is 0 Å². The van der Waals surface area contributed by atoms with Gasteiger partial charge in [0, 0.05) is 23.5 Å². The van der Waals surface area contributed by atoms with Gasteiger partial charge < -0.3 is 10.0 Å². The Bertz CT molecular complexity index is 546. The highest BCUT2D eigenvalue weighted by atomic mass is 35.5. The number of rotatable bonds is 4. The van der Waals surface area contributed by atoms with E-state index in [1.54, 1.807) is 4.90 Å². The third-order valence-electron chi connectivity index (χ3n) is 4.26. The van der Waals surface area contributed by atoms with E-state index in [0.717, 1.165) is 5.56 Å². The minimum absolute atomic E-state index is 0.00571. The van der Waals surface area contributed by atoms with Crippen LogP contribution in [0.15, 0.2) is 24.3 Å². The van der Waals surface area contributed by atoms with Crippen LogP contribution in [-0.4, -0.2) is 34.5 Å². The van der Waals surface area contributed by atoms with Crippen LogP contribution >= 0.6 is 11.6 Å². The Morgan fingerprint density at radius 1 is 1.43 bits per heavy atom. The minimum Gasteiger partial charge on any atom is -0.481 e. The summed E-state index contributed by atoms with van der Waals surface area (Å²) in [7, 11) is 0. The molecule has 1 fully saturated rings. The van der Waals surface area contributed by atoms with Crippen molar-refractivity contribution in [1.82, 2.24) is 4.90 Å². The molecule has 0 spiro atoms. The highest BCUT2D eigenvalue weighted by molar-refractivity contribution is 6.31. The van der Waals surface area contributed by atoms with Crippen molar-refractivity contribution in [2.75, 3.05) is 6.54 Å². The summed E-state index contributed by atoms with van der Waals surface area (Å²) in [6.07, 6.45) is 1.10. The summed E-state index contributed by atoms with van der Waals surface area (Å²) in [5.74, 6) is -1.48. The third-order valence-corrected chi connectivity index (χ3v) is 4.63. The first-order valence-electron chi connectivity index (χ1n) is 7.18. The molecular weight excluding hydrogens is 290 g/mol. The number of hydrogen-bond acceptors (Lipinski definition) is 2. The van der Waals surface area contributed by atoms with Gasteiger partial charge in [-0.05, 0) is 31.4 Å². The van der Waals surface area contributed by atoms with Crippen molar-refractivity contribution in [2.45, 2.75) is 32.7 Å². The van der Waals surface area contributed by atoms with Crippen molar-refractivity contribution in [3.63, 3.8) is 0 Å². The molecule has 0 aliphatic carbocycles. The van der Waals surface area contributed by atoms with Crippen LogP contribution in [0.4, 0.5) is 0 Å². The summed E-state index contributed by atoms with van der Waals surface area (Å²) in [5.41, 5.74) is 0.946. The van der Waals surface area contributed by atoms with E-state index in [4.69, 9.17) is 16.7 Å². The standard InChI is InChI=1S/C16H20ClNO3/c1-10(9-12-5-3-4-6-14(12)17)15(19)18-8-7-13(11(18)2)16(20)21/h3-6,10-11,13H,7-9H2,1-2H3,(H,20,21). The molecule has 0 bridgehead atoms. The van der Waals surface area contributed by atoms with Crippen LogP contribution in [0, 0.1) is 11.8 Å². The number of hydrogen-bond donors (Lipinski definition) is 1. The van der Waals surface area contributed by atoms with Crippen molar-refractivity contribution in [2.24, 2.45) is 11.8 Å². The largest absolute Gasteiger partial charge is 0.481 e. The number of amides is 1. The van der Waals surface area contributed by atoms with Crippen molar-refractivity contribution < 1.29 is 14.7 Å². The van der Waals surface area contributed by atoms with Crippen LogP contribution in [-0.2, 0) is 16.0 Å². The summed E-state index contributed by atoms with van der Waals surface area (Å²) < 4.78 is 0.